The SMILES string of the molecule is C[Si](C)=[Zr+2][c]1c(C2C=CC=C2)ccc2c1Cc1ccccc1-2.[Cl-].[Cl-]. The molecule has 0 spiro atoms. The maximum atomic E-state index is 2.50. The minimum absolute atomic E-state index is 0. The summed E-state index contributed by atoms with van der Waals surface area (Å²) in [7, 11) is 0. The molecule has 2 aromatic rings. The van der Waals surface area contributed by atoms with Crippen LogP contribution in [0.2, 0.25) is 13.1 Å². The average molecular weight is 450 g/mol. The Hall–Kier alpha value is -0.400. The van der Waals surface area contributed by atoms with Crippen LogP contribution in [-0.2, 0) is 28.3 Å². The first-order valence-corrected chi connectivity index (χ1v) is 15.3. The predicted molar refractivity (Wildman–Crippen MR) is 92.8 cm³/mol. The van der Waals surface area contributed by atoms with Gasteiger partial charge in [0.25, 0.3) is 0 Å². The van der Waals surface area contributed by atoms with E-state index in [1.54, 1.807) is 14.4 Å². The molecule has 0 saturated carbocycles. The molecule has 0 aromatic heterocycles. The Morgan fingerprint density at radius 2 is 1.62 bits per heavy atom. The quantitative estimate of drug-likeness (QED) is 0.415. The van der Waals surface area contributed by atoms with Gasteiger partial charge in [0.15, 0.2) is 0 Å². The van der Waals surface area contributed by atoms with Gasteiger partial charge in [0, 0.05) is 0 Å². The molecule has 4 heteroatoms. The standard InChI is InChI=1S/C18H13.C2H6Si.2ClH.Zr/c1-2-6-13(5-1)14-9-10-18-16(11-14)12-15-7-3-4-8-17(15)18;1-3-2;;;/h1-10,13H,12H2;1-2H3;2*1H;/q;;;;+2/p-2. The molecule has 0 atom stereocenters. The van der Waals surface area contributed by atoms with Crippen LogP contribution >= 0.6 is 0 Å². The van der Waals surface area contributed by atoms with Crippen molar-refractivity contribution in [2.45, 2.75) is 25.4 Å². The molecule has 24 heavy (non-hydrogen) atoms. The maximum absolute atomic E-state index is 2.50. The zero-order chi connectivity index (χ0) is 15.1. The Bertz CT molecular complexity index is 837. The molecule has 2 aliphatic rings. The summed E-state index contributed by atoms with van der Waals surface area (Å²) in [4.78, 5) is 0. The van der Waals surface area contributed by atoms with Gasteiger partial charge in [-0.25, -0.2) is 0 Å². The molecule has 0 nitrogen and oxygen atoms in total. The van der Waals surface area contributed by atoms with E-state index >= 15 is 0 Å². The number of hydrogen-bond donors (Lipinski definition) is 0. The second kappa shape index (κ2) is 8.32. The van der Waals surface area contributed by atoms with E-state index in [9.17, 15) is 0 Å². The molecular weight excluding hydrogens is 430 g/mol. The number of hydrogen-bond acceptors (Lipinski definition) is 0. The van der Waals surface area contributed by atoms with Gasteiger partial charge < -0.3 is 24.8 Å². The third-order valence-corrected chi connectivity index (χ3v) is 12.2. The Kier molecular flexibility index (Phi) is 6.90. The number of benzene rings is 2. The van der Waals surface area contributed by atoms with Crippen LogP contribution in [0.3, 0.4) is 0 Å². The van der Waals surface area contributed by atoms with Crippen LogP contribution in [0.1, 0.15) is 22.6 Å². The molecule has 0 amide bonds. The first-order chi connectivity index (χ1) is 10.7. The molecule has 121 valence electrons. The van der Waals surface area contributed by atoms with E-state index in [2.05, 4.69) is 73.8 Å². The molecule has 0 fully saturated rings. The number of allylic oxidation sites excluding steroid dienone is 4. The van der Waals surface area contributed by atoms with Crippen molar-refractivity contribution in [1.29, 1.82) is 0 Å². The van der Waals surface area contributed by atoms with Gasteiger partial charge in [-0.2, -0.15) is 0 Å². The summed E-state index contributed by atoms with van der Waals surface area (Å²) in [5.41, 5.74) is 7.67. The van der Waals surface area contributed by atoms with Crippen molar-refractivity contribution in [3.8, 4) is 11.1 Å². The van der Waals surface area contributed by atoms with Crippen molar-refractivity contribution < 1.29 is 46.7 Å². The molecule has 0 bridgehead atoms. The zero-order valence-corrected chi connectivity index (χ0v) is 18.8. The third-order valence-electron chi connectivity index (χ3n) is 4.50. The fraction of sp³-hybridized carbons (Fsp3) is 0.200. The average Bonchev–Trinajstić information content (AvgIpc) is 3.14. The van der Waals surface area contributed by atoms with E-state index in [1.807, 2.05) is 0 Å². The molecule has 2 aliphatic carbocycles. The second-order valence-electron chi connectivity index (χ2n) is 6.31. The first kappa shape index (κ1) is 19.9. The third kappa shape index (κ3) is 3.58. The van der Waals surface area contributed by atoms with Crippen LogP contribution in [0.4, 0.5) is 0 Å². The number of fused-ring (bicyclic) bond motifs is 3. The summed E-state index contributed by atoms with van der Waals surface area (Å²) in [6.45, 7) is 5.00. The largest absolute Gasteiger partial charge is 1.00 e. The van der Waals surface area contributed by atoms with Gasteiger partial charge in [0.2, 0.25) is 0 Å². The summed E-state index contributed by atoms with van der Waals surface area (Å²) >= 11 is -0.458. The summed E-state index contributed by atoms with van der Waals surface area (Å²) in [5.74, 6) is 0.520. The van der Waals surface area contributed by atoms with Crippen LogP contribution in [-0.4, -0.2) is 5.43 Å². The molecule has 0 aliphatic heterocycles. The minimum atomic E-state index is -0.458. The van der Waals surface area contributed by atoms with Crippen LogP contribution in [0.25, 0.3) is 11.1 Å². The van der Waals surface area contributed by atoms with Crippen LogP contribution in [0.5, 0.6) is 0 Å². The smallest absolute Gasteiger partial charge is 1.00 e. The van der Waals surface area contributed by atoms with E-state index in [4.69, 9.17) is 0 Å². The van der Waals surface area contributed by atoms with Crippen LogP contribution < -0.4 is 28.1 Å². The van der Waals surface area contributed by atoms with Gasteiger partial charge in [-0.3, -0.25) is 0 Å². The molecule has 0 heterocycles. The monoisotopic (exact) mass is 447 g/mol. The topological polar surface area (TPSA) is 0 Å². The van der Waals surface area contributed by atoms with E-state index in [0.29, 0.717) is 5.92 Å². The number of halogens is 2. The molecule has 0 radical (unpaired) electrons. The molecule has 0 unspecified atom stereocenters. The second-order valence-corrected chi connectivity index (χ2v) is 19.0. The van der Waals surface area contributed by atoms with Crippen LogP contribution in [0.15, 0.2) is 60.7 Å². The van der Waals surface area contributed by atoms with E-state index in [1.165, 1.54) is 16.7 Å². The molecular formula is C20H19Cl2SiZr. The van der Waals surface area contributed by atoms with Gasteiger partial charge >= 0.3 is 145 Å². The molecule has 4 rings (SSSR count). The van der Waals surface area contributed by atoms with Crippen molar-refractivity contribution in [2.24, 2.45) is 0 Å². The van der Waals surface area contributed by atoms with Gasteiger partial charge in [-0.05, 0) is 0 Å². The Labute approximate surface area is 168 Å². The van der Waals surface area contributed by atoms with E-state index < -0.39 is 21.9 Å². The van der Waals surface area contributed by atoms with Crippen molar-refractivity contribution >= 4 is 8.70 Å². The number of rotatable bonds is 2. The van der Waals surface area contributed by atoms with Gasteiger partial charge in [-0.1, -0.05) is 0 Å². The fourth-order valence-electron chi connectivity index (χ4n) is 3.54. The molecule has 0 N–H and O–H groups in total. The summed E-state index contributed by atoms with van der Waals surface area (Å²) in [6, 6.07) is 13.8. The Morgan fingerprint density at radius 3 is 2.33 bits per heavy atom. The molecule has 0 saturated heterocycles. The van der Waals surface area contributed by atoms with E-state index in [0.717, 1.165) is 6.42 Å². The first-order valence-electron chi connectivity index (χ1n) is 7.90. The van der Waals surface area contributed by atoms with Gasteiger partial charge in [0.05, 0.1) is 0 Å². The Balaban J connectivity index is 0.00000104. The normalized spacial score (nSPS) is 13.6. The summed E-state index contributed by atoms with van der Waals surface area (Å²) in [6.07, 6.45) is 10.3. The van der Waals surface area contributed by atoms with Crippen molar-refractivity contribution in [3.63, 3.8) is 0 Å². The fourth-order valence-corrected chi connectivity index (χ4v) is 11.4. The predicted octanol–water partition coefficient (Wildman–Crippen LogP) is -1.57. The van der Waals surface area contributed by atoms with Crippen molar-refractivity contribution in [1.82, 2.24) is 0 Å². The maximum Gasteiger partial charge on any atom is -1.00 e. The Morgan fingerprint density at radius 1 is 0.917 bits per heavy atom. The zero-order valence-electron chi connectivity index (χ0n) is 13.8. The van der Waals surface area contributed by atoms with Crippen molar-refractivity contribution in [3.05, 3.63) is 77.4 Å². The van der Waals surface area contributed by atoms with Gasteiger partial charge in [-0.15, -0.1) is 0 Å². The molecule has 2 aromatic carbocycles. The summed E-state index contributed by atoms with van der Waals surface area (Å²) in [5, 5.41) is 0. The van der Waals surface area contributed by atoms with Crippen molar-refractivity contribution in [2.75, 3.05) is 0 Å². The van der Waals surface area contributed by atoms with Crippen LogP contribution in [0, 0.1) is 0 Å². The minimum Gasteiger partial charge on any atom is -1.00 e. The van der Waals surface area contributed by atoms with E-state index in [-0.39, 0.29) is 30.2 Å². The summed E-state index contributed by atoms with van der Waals surface area (Å²) < 4.78 is 1.80. The van der Waals surface area contributed by atoms with Gasteiger partial charge in [0.1, 0.15) is 0 Å².